The number of hydrogen-bond acceptors (Lipinski definition) is 2. The van der Waals surface area contributed by atoms with Gasteiger partial charge in [-0.15, -0.1) is 13.2 Å². The van der Waals surface area contributed by atoms with Gasteiger partial charge in [0.15, 0.2) is 0 Å². The highest BCUT2D eigenvalue weighted by atomic mass is 19.4. The Hall–Kier alpha value is -2.00. The van der Waals surface area contributed by atoms with Crippen LogP contribution in [0.2, 0.25) is 0 Å². The number of benzene rings is 1. The normalized spacial score (nSPS) is 12.4. The van der Waals surface area contributed by atoms with Crippen molar-refractivity contribution in [2.45, 2.75) is 18.7 Å². The molecule has 0 bridgehead atoms. The Bertz CT molecular complexity index is 469. The molecule has 0 saturated carbocycles. The third-order valence-electron chi connectivity index (χ3n) is 1.92. The van der Waals surface area contributed by atoms with Crippen LogP contribution in [0.3, 0.4) is 0 Å². The quantitative estimate of drug-likeness (QED) is 0.866. The van der Waals surface area contributed by atoms with Crippen LogP contribution in [0.4, 0.5) is 36.4 Å². The molecule has 0 aromatic heterocycles. The third kappa shape index (κ3) is 4.28. The van der Waals surface area contributed by atoms with E-state index in [9.17, 15) is 35.5 Å². The minimum Gasteiger partial charge on any atom is -0.406 e. The first kappa shape index (κ1) is 16.1. The van der Waals surface area contributed by atoms with E-state index in [4.69, 9.17) is 0 Å². The summed E-state index contributed by atoms with van der Waals surface area (Å²) in [4.78, 5) is 10.8. The Kier molecular flexibility index (Phi) is 4.46. The standard InChI is InChI=1S/C10H6F7NO2/c11-7(12)9(13,14)8(19)18-5-1-3-6(4-2-5)20-10(15,16)17/h1-4,7H,(H,18,19). The molecule has 3 nitrogen and oxygen atoms in total. The zero-order chi connectivity index (χ0) is 15.6. The van der Waals surface area contributed by atoms with Crippen LogP contribution in [0, 0.1) is 0 Å². The Morgan fingerprint density at radius 3 is 1.95 bits per heavy atom. The Labute approximate surface area is 107 Å². The summed E-state index contributed by atoms with van der Waals surface area (Å²) in [6, 6.07) is 3.04. The molecule has 1 aromatic rings. The maximum Gasteiger partial charge on any atom is 0.573 e. The Morgan fingerprint density at radius 2 is 1.55 bits per heavy atom. The van der Waals surface area contributed by atoms with Crippen molar-refractivity contribution >= 4 is 11.6 Å². The monoisotopic (exact) mass is 305 g/mol. The van der Waals surface area contributed by atoms with Crippen LogP contribution >= 0.6 is 0 Å². The van der Waals surface area contributed by atoms with Gasteiger partial charge in [0.05, 0.1) is 0 Å². The lowest BCUT2D eigenvalue weighted by molar-refractivity contribution is -0.274. The number of rotatable bonds is 4. The summed E-state index contributed by atoms with van der Waals surface area (Å²) in [5.74, 6) is -7.82. The van der Waals surface area contributed by atoms with Crippen molar-refractivity contribution in [2.75, 3.05) is 5.32 Å². The van der Waals surface area contributed by atoms with E-state index in [1.807, 2.05) is 0 Å². The molecule has 0 aliphatic heterocycles. The van der Waals surface area contributed by atoms with Gasteiger partial charge >= 0.3 is 24.6 Å². The summed E-state index contributed by atoms with van der Waals surface area (Å²) in [5, 5.41) is 1.45. The van der Waals surface area contributed by atoms with E-state index >= 15 is 0 Å². The van der Waals surface area contributed by atoms with Gasteiger partial charge in [-0.1, -0.05) is 0 Å². The SMILES string of the molecule is O=C(Nc1ccc(OC(F)(F)F)cc1)C(F)(F)C(F)F. The van der Waals surface area contributed by atoms with Crippen molar-refractivity contribution < 1.29 is 40.3 Å². The van der Waals surface area contributed by atoms with Crippen molar-refractivity contribution in [1.29, 1.82) is 0 Å². The minimum atomic E-state index is -4.94. The molecule has 0 fully saturated rings. The molecule has 0 saturated heterocycles. The average molecular weight is 305 g/mol. The van der Waals surface area contributed by atoms with Gasteiger partial charge in [0, 0.05) is 5.69 Å². The fourth-order valence-electron chi connectivity index (χ4n) is 1.05. The zero-order valence-electron chi connectivity index (χ0n) is 9.35. The Morgan fingerprint density at radius 1 is 1.05 bits per heavy atom. The number of ether oxygens (including phenoxy) is 1. The van der Waals surface area contributed by atoms with E-state index < -0.39 is 30.4 Å². The average Bonchev–Trinajstić information content (AvgIpc) is 2.29. The van der Waals surface area contributed by atoms with Crippen molar-refractivity contribution in [2.24, 2.45) is 0 Å². The molecular weight excluding hydrogens is 299 g/mol. The van der Waals surface area contributed by atoms with Crippen LogP contribution in [0.15, 0.2) is 24.3 Å². The molecule has 1 rings (SSSR count). The highest BCUT2D eigenvalue weighted by Crippen LogP contribution is 2.27. The molecule has 1 amide bonds. The van der Waals surface area contributed by atoms with E-state index in [0.29, 0.717) is 0 Å². The van der Waals surface area contributed by atoms with Crippen LogP contribution in [0.5, 0.6) is 5.75 Å². The summed E-state index contributed by atoms with van der Waals surface area (Å²) in [5.41, 5.74) is -0.384. The van der Waals surface area contributed by atoms with Gasteiger partial charge in [-0.25, -0.2) is 8.78 Å². The minimum absolute atomic E-state index is 0.384. The predicted octanol–water partition coefficient (Wildman–Crippen LogP) is 3.42. The van der Waals surface area contributed by atoms with Gasteiger partial charge in [-0.2, -0.15) is 8.78 Å². The van der Waals surface area contributed by atoms with Gasteiger partial charge in [0.2, 0.25) is 0 Å². The molecule has 20 heavy (non-hydrogen) atoms. The fourth-order valence-corrected chi connectivity index (χ4v) is 1.05. The number of carbonyl (C=O) groups is 1. The Balaban J connectivity index is 2.74. The molecule has 0 aliphatic rings. The van der Waals surface area contributed by atoms with Gasteiger partial charge in [0.1, 0.15) is 5.75 Å². The van der Waals surface area contributed by atoms with Gasteiger partial charge in [-0.3, -0.25) is 4.79 Å². The number of anilines is 1. The number of hydrogen-bond donors (Lipinski definition) is 1. The molecule has 0 heterocycles. The van der Waals surface area contributed by atoms with Crippen LogP contribution < -0.4 is 10.1 Å². The molecular formula is C10H6F7NO2. The van der Waals surface area contributed by atoms with Gasteiger partial charge < -0.3 is 10.1 Å². The second-order valence-corrected chi connectivity index (χ2v) is 3.45. The van der Waals surface area contributed by atoms with Crippen LogP contribution in [-0.4, -0.2) is 24.6 Å². The number of carbonyl (C=O) groups excluding carboxylic acids is 1. The number of nitrogens with one attached hydrogen (secondary N) is 1. The van der Waals surface area contributed by atoms with E-state index in [1.165, 1.54) is 5.32 Å². The number of amides is 1. The topological polar surface area (TPSA) is 38.3 Å². The largest absolute Gasteiger partial charge is 0.573 e. The van der Waals surface area contributed by atoms with E-state index in [1.54, 1.807) is 0 Å². The van der Waals surface area contributed by atoms with Crippen molar-refractivity contribution in [3.63, 3.8) is 0 Å². The van der Waals surface area contributed by atoms with E-state index in [2.05, 4.69) is 4.74 Å². The van der Waals surface area contributed by atoms with Gasteiger partial charge in [0.25, 0.3) is 0 Å². The van der Waals surface area contributed by atoms with Gasteiger partial charge in [-0.05, 0) is 24.3 Å². The highest BCUT2D eigenvalue weighted by Gasteiger charge is 2.48. The maximum absolute atomic E-state index is 12.6. The predicted molar refractivity (Wildman–Crippen MR) is 52.7 cm³/mol. The summed E-state index contributed by atoms with van der Waals surface area (Å²) in [7, 11) is 0. The fraction of sp³-hybridized carbons (Fsp3) is 0.300. The molecule has 0 radical (unpaired) electrons. The molecule has 0 unspecified atom stereocenters. The number of alkyl halides is 7. The molecule has 10 heteroatoms. The smallest absolute Gasteiger partial charge is 0.406 e. The molecule has 112 valence electrons. The molecule has 1 N–H and O–H groups in total. The lowest BCUT2D eigenvalue weighted by Crippen LogP contribution is -2.40. The van der Waals surface area contributed by atoms with Crippen molar-refractivity contribution in [1.82, 2.24) is 0 Å². The maximum atomic E-state index is 12.6. The first-order chi connectivity index (χ1) is 9.02. The lowest BCUT2D eigenvalue weighted by Gasteiger charge is -2.15. The molecule has 1 aromatic carbocycles. The van der Waals surface area contributed by atoms with Crippen molar-refractivity contribution in [3.8, 4) is 5.75 Å². The first-order valence-corrected chi connectivity index (χ1v) is 4.85. The number of halogens is 7. The van der Waals surface area contributed by atoms with Crippen LogP contribution in [0.1, 0.15) is 0 Å². The van der Waals surface area contributed by atoms with Crippen molar-refractivity contribution in [3.05, 3.63) is 24.3 Å². The van der Waals surface area contributed by atoms with Crippen LogP contribution in [-0.2, 0) is 4.79 Å². The van der Waals surface area contributed by atoms with Crippen LogP contribution in [0.25, 0.3) is 0 Å². The third-order valence-corrected chi connectivity index (χ3v) is 1.92. The zero-order valence-corrected chi connectivity index (χ0v) is 9.35. The second kappa shape index (κ2) is 5.55. The lowest BCUT2D eigenvalue weighted by atomic mass is 10.2. The summed E-state index contributed by atoms with van der Waals surface area (Å²) < 4.78 is 87.9. The van der Waals surface area contributed by atoms with E-state index in [-0.39, 0.29) is 5.69 Å². The highest BCUT2D eigenvalue weighted by molar-refractivity contribution is 5.96. The second-order valence-electron chi connectivity index (χ2n) is 3.45. The summed E-state index contributed by atoms with van der Waals surface area (Å²) >= 11 is 0. The molecule has 0 spiro atoms. The summed E-state index contributed by atoms with van der Waals surface area (Å²) in [6.45, 7) is 0. The van der Waals surface area contributed by atoms with E-state index in [0.717, 1.165) is 24.3 Å². The first-order valence-electron chi connectivity index (χ1n) is 4.85. The summed E-state index contributed by atoms with van der Waals surface area (Å²) in [6.07, 6.45) is -9.14. The molecule has 0 atom stereocenters. The molecule has 0 aliphatic carbocycles.